The van der Waals surface area contributed by atoms with Crippen molar-refractivity contribution in [1.29, 1.82) is 0 Å². The van der Waals surface area contributed by atoms with Crippen molar-refractivity contribution in [3.05, 3.63) is 88.3 Å². The van der Waals surface area contributed by atoms with Crippen LogP contribution in [-0.2, 0) is 4.79 Å². The lowest BCUT2D eigenvalue weighted by Crippen LogP contribution is -2.28. The number of nitrogens with zero attached hydrogens (tertiary/aromatic N) is 2. The number of thioether (sulfide) groups is 1. The molecule has 1 aliphatic heterocycles. The predicted molar refractivity (Wildman–Crippen MR) is 127 cm³/mol. The summed E-state index contributed by atoms with van der Waals surface area (Å²) in [7, 11) is 1.50. The van der Waals surface area contributed by atoms with E-state index < -0.39 is 0 Å². The van der Waals surface area contributed by atoms with Crippen molar-refractivity contribution in [2.45, 2.75) is 13.8 Å². The van der Waals surface area contributed by atoms with E-state index in [1.54, 1.807) is 29.2 Å². The Kier molecular flexibility index (Phi) is 5.82. The van der Waals surface area contributed by atoms with Gasteiger partial charge in [-0.15, -0.1) is 0 Å². The SMILES string of the molecule is COc1ccc(/C=C2/SC(=Nc3ccc(C)cc3)N(c3ccc(C)cc3)C2=O)cc1O. The molecule has 1 N–H and O–H groups in total. The number of amidine groups is 1. The van der Waals surface area contributed by atoms with Gasteiger partial charge < -0.3 is 9.84 Å². The topological polar surface area (TPSA) is 62.1 Å². The third-order valence-corrected chi connectivity index (χ3v) is 5.83. The van der Waals surface area contributed by atoms with Crippen molar-refractivity contribution < 1.29 is 14.6 Å². The van der Waals surface area contributed by atoms with Crippen LogP contribution in [-0.4, -0.2) is 23.3 Å². The molecule has 4 rings (SSSR count). The quantitative estimate of drug-likeness (QED) is 0.529. The maximum atomic E-state index is 13.3. The molecule has 3 aromatic rings. The van der Waals surface area contributed by atoms with Gasteiger partial charge in [0.25, 0.3) is 5.91 Å². The first-order chi connectivity index (χ1) is 14.9. The van der Waals surface area contributed by atoms with E-state index in [2.05, 4.69) is 0 Å². The second-order valence-electron chi connectivity index (χ2n) is 7.25. The van der Waals surface area contributed by atoms with E-state index in [0.29, 0.717) is 21.4 Å². The minimum absolute atomic E-state index is 0.0243. The van der Waals surface area contributed by atoms with Gasteiger partial charge in [0.1, 0.15) is 0 Å². The van der Waals surface area contributed by atoms with Gasteiger partial charge >= 0.3 is 0 Å². The average Bonchev–Trinajstić information content (AvgIpc) is 3.05. The van der Waals surface area contributed by atoms with E-state index in [1.165, 1.54) is 18.9 Å². The van der Waals surface area contributed by atoms with Crippen LogP contribution >= 0.6 is 11.8 Å². The number of aromatic hydroxyl groups is 1. The van der Waals surface area contributed by atoms with Crippen LogP contribution in [0.2, 0.25) is 0 Å². The van der Waals surface area contributed by atoms with Crippen LogP contribution in [0.4, 0.5) is 11.4 Å². The molecule has 1 aliphatic rings. The third-order valence-electron chi connectivity index (χ3n) is 4.86. The zero-order valence-electron chi connectivity index (χ0n) is 17.5. The van der Waals surface area contributed by atoms with Crippen molar-refractivity contribution in [3.63, 3.8) is 0 Å². The molecule has 31 heavy (non-hydrogen) atoms. The fourth-order valence-corrected chi connectivity index (χ4v) is 4.15. The molecular formula is C25H22N2O3S. The highest BCUT2D eigenvalue weighted by Crippen LogP contribution is 2.38. The lowest BCUT2D eigenvalue weighted by atomic mass is 10.1. The van der Waals surface area contributed by atoms with Gasteiger partial charge in [0.15, 0.2) is 16.7 Å². The number of hydrogen-bond acceptors (Lipinski definition) is 5. The second kappa shape index (κ2) is 8.70. The highest BCUT2D eigenvalue weighted by atomic mass is 32.2. The summed E-state index contributed by atoms with van der Waals surface area (Å²) in [6.07, 6.45) is 1.75. The predicted octanol–water partition coefficient (Wildman–Crippen LogP) is 5.83. The number of hydrogen-bond donors (Lipinski definition) is 1. The molecule has 0 aromatic heterocycles. The van der Waals surface area contributed by atoms with Crippen LogP contribution in [0.15, 0.2) is 76.6 Å². The lowest BCUT2D eigenvalue weighted by Gasteiger charge is -2.16. The Labute approximate surface area is 185 Å². The normalized spacial score (nSPS) is 16.4. The number of methoxy groups -OCH3 is 1. The lowest BCUT2D eigenvalue weighted by molar-refractivity contribution is -0.113. The van der Waals surface area contributed by atoms with Crippen molar-refractivity contribution in [2.75, 3.05) is 12.0 Å². The number of carbonyl (C=O) groups excluding carboxylic acids is 1. The Morgan fingerprint density at radius 3 is 2.23 bits per heavy atom. The molecule has 156 valence electrons. The number of anilines is 1. The maximum Gasteiger partial charge on any atom is 0.271 e. The number of benzene rings is 3. The summed E-state index contributed by atoms with van der Waals surface area (Å²) in [5.41, 5.74) is 4.50. The summed E-state index contributed by atoms with van der Waals surface area (Å²) in [4.78, 5) is 20.2. The van der Waals surface area contributed by atoms with Crippen LogP contribution < -0.4 is 9.64 Å². The first kappa shape index (κ1) is 20.8. The zero-order chi connectivity index (χ0) is 22.0. The van der Waals surface area contributed by atoms with E-state index in [0.717, 1.165) is 22.5 Å². The van der Waals surface area contributed by atoms with Gasteiger partial charge in [0.2, 0.25) is 0 Å². The number of aryl methyl sites for hydroxylation is 2. The molecule has 0 bridgehead atoms. The van der Waals surface area contributed by atoms with Crippen molar-refractivity contribution >= 4 is 40.3 Å². The van der Waals surface area contributed by atoms with Gasteiger partial charge in [-0.05, 0) is 73.6 Å². The standard InChI is InChI=1S/C25H22N2O3S/c1-16-4-9-19(10-5-16)26-25-27(20-11-6-17(2)7-12-20)24(29)23(31-25)15-18-8-13-22(30-3)21(28)14-18/h4-15,28H,1-3H3/b23-15+,26-25?. The average molecular weight is 431 g/mol. The molecule has 1 fully saturated rings. The molecule has 1 amide bonds. The van der Waals surface area contributed by atoms with Crippen LogP contribution in [0.5, 0.6) is 11.5 Å². The molecule has 1 saturated heterocycles. The summed E-state index contributed by atoms with van der Waals surface area (Å²) >= 11 is 1.31. The van der Waals surface area contributed by atoms with Gasteiger partial charge in [0, 0.05) is 0 Å². The fourth-order valence-electron chi connectivity index (χ4n) is 3.15. The molecule has 6 heteroatoms. The van der Waals surface area contributed by atoms with E-state index in [9.17, 15) is 9.90 Å². The number of phenols is 1. The van der Waals surface area contributed by atoms with Gasteiger partial charge in [-0.25, -0.2) is 4.99 Å². The number of rotatable bonds is 4. The Bertz CT molecular complexity index is 1180. The minimum Gasteiger partial charge on any atom is -0.504 e. The summed E-state index contributed by atoms with van der Waals surface area (Å²) in [5.74, 6) is 0.252. The largest absolute Gasteiger partial charge is 0.504 e. The molecule has 0 spiro atoms. The molecular weight excluding hydrogens is 408 g/mol. The number of carbonyl (C=O) groups is 1. The highest BCUT2D eigenvalue weighted by molar-refractivity contribution is 8.19. The minimum atomic E-state index is -0.157. The van der Waals surface area contributed by atoms with E-state index in [-0.39, 0.29) is 11.7 Å². The fraction of sp³-hybridized carbons (Fsp3) is 0.120. The Morgan fingerprint density at radius 2 is 1.61 bits per heavy atom. The molecule has 1 heterocycles. The van der Waals surface area contributed by atoms with Crippen molar-refractivity contribution in [2.24, 2.45) is 4.99 Å². The Balaban J connectivity index is 1.75. The molecule has 0 atom stereocenters. The molecule has 3 aromatic carbocycles. The van der Waals surface area contributed by atoms with E-state index in [1.807, 2.05) is 62.4 Å². The summed E-state index contributed by atoms with van der Waals surface area (Å²) in [6.45, 7) is 4.03. The number of aliphatic imine (C=N–C) groups is 1. The van der Waals surface area contributed by atoms with Gasteiger partial charge in [-0.1, -0.05) is 41.5 Å². The van der Waals surface area contributed by atoms with Crippen LogP contribution in [0.1, 0.15) is 16.7 Å². The van der Waals surface area contributed by atoms with Gasteiger partial charge in [0.05, 0.1) is 23.4 Å². The molecule has 0 saturated carbocycles. The van der Waals surface area contributed by atoms with Crippen LogP contribution in [0.3, 0.4) is 0 Å². The van der Waals surface area contributed by atoms with Crippen molar-refractivity contribution in [3.8, 4) is 11.5 Å². The second-order valence-corrected chi connectivity index (χ2v) is 8.26. The smallest absolute Gasteiger partial charge is 0.271 e. The van der Waals surface area contributed by atoms with Gasteiger partial charge in [-0.2, -0.15) is 0 Å². The summed E-state index contributed by atoms with van der Waals surface area (Å²) < 4.78 is 5.10. The number of ether oxygens (including phenoxy) is 1. The third kappa shape index (κ3) is 4.49. The maximum absolute atomic E-state index is 13.3. The van der Waals surface area contributed by atoms with Gasteiger partial charge in [-0.3, -0.25) is 9.69 Å². The molecule has 0 unspecified atom stereocenters. The number of phenolic OH excluding ortho intramolecular Hbond substituents is 1. The summed E-state index contributed by atoms with van der Waals surface area (Å²) in [5, 5.41) is 10.7. The van der Waals surface area contributed by atoms with E-state index >= 15 is 0 Å². The Morgan fingerprint density at radius 1 is 0.968 bits per heavy atom. The monoisotopic (exact) mass is 430 g/mol. The number of amides is 1. The first-order valence-electron chi connectivity index (χ1n) is 9.77. The van der Waals surface area contributed by atoms with Crippen LogP contribution in [0.25, 0.3) is 6.08 Å². The first-order valence-corrected chi connectivity index (χ1v) is 10.6. The highest BCUT2D eigenvalue weighted by Gasteiger charge is 2.34. The van der Waals surface area contributed by atoms with E-state index in [4.69, 9.17) is 9.73 Å². The zero-order valence-corrected chi connectivity index (χ0v) is 18.3. The molecule has 0 radical (unpaired) electrons. The van der Waals surface area contributed by atoms with Crippen LogP contribution in [0, 0.1) is 13.8 Å². The Hall–Kier alpha value is -3.51. The summed E-state index contributed by atoms with van der Waals surface area (Å²) in [6, 6.07) is 20.7. The van der Waals surface area contributed by atoms with Crippen molar-refractivity contribution in [1.82, 2.24) is 0 Å². The molecule has 0 aliphatic carbocycles. The molecule has 5 nitrogen and oxygen atoms in total.